The highest BCUT2D eigenvalue weighted by Crippen LogP contribution is 2.15. The maximum absolute atomic E-state index is 5.96. The fourth-order valence-electron chi connectivity index (χ4n) is 3.72. The summed E-state index contributed by atoms with van der Waals surface area (Å²) >= 11 is 0. The molecule has 2 N–H and O–H groups in total. The van der Waals surface area contributed by atoms with Gasteiger partial charge in [0.15, 0.2) is 5.96 Å². The van der Waals surface area contributed by atoms with E-state index in [-0.39, 0.29) is 6.10 Å². The molecule has 174 valence electrons. The Hall–Kier alpha value is -2.41. The van der Waals surface area contributed by atoms with Gasteiger partial charge >= 0.3 is 0 Å². The first-order valence-corrected chi connectivity index (χ1v) is 11.8. The van der Waals surface area contributed by atoms with Crippen LogP contribution < -0.4 is 10.6 Å². The molecule has 1 aliphatic heterocycles. The molecule has 0 bridgehead atoms. The van der Waals surface area contributed by atoms with Crippen LogP contribution in [0.15, 0.2) is 59.6 Å². The molecule has 0 amide bonds. The van der Waals surface area contributed by atoms with Crippen molar-refractivity contribution >= 4 is 5.96 Å². The smallest absolute Gasteiger partial charge is 0.191 e. The molecule has 1 heterocycles. The molecule has 0 saturated carbocycles. The third-order valence-corrected chi connectivity index (χ3v) is 5.52. The van der Waals surface area contributed by atoms with Crippen LogP contribution in [0.5, 0.6) is 0 Å². The fourth-order valence-corrected chi connectivity index (χ4v) is 3.72. The normalized spacial score (nSPS) is 16.0. The van der Waals surface area contributed by atoms with Crippen LogP contribution in [0.4, 0.5) is 0 Å². The zero-order chi connectivity index (χ0) is 22.4. The second kappa shape index (κ2) is 13.9. The maximum Gasteiger partial charge on any atom is 0.191 e. The van der Waals surface area contributed by atoms with Crippen molar-refractivity contribution in [2.24, 2.45) is 4.99 Å². The van der Waals surface area contributed by atoms with Gasteiger partial charge in [-0.2, -0.15) is 0 Å². The van der Waals surface area contributed by atoms with Gasteiger partial charge in [0.25, 0.3) is 0 Å². The molecule has 1 atom stereocenters. The second-order valence-electron chi connectivity index (χ2n) is 8.11. The summed E-state index contributed by atoms with van der Waals surface area (Å²) < 4.78 is 11.4. The number of nitrogens with one attached hydrogen (secondary N) is 2. The van der Waals surface area contributed by atoms with Crippen molar-refractivity contribution in [3.05, 3.63) is 71.3 Å². The minimum Gasteiger partial charge on any atom is -0.379 e. The Morgan fingerprint density at radius 1 is 1.06 bits per heavy atom. The largest absolute Gasteiger partial charge is 0.379 e. The number of morpholine rings is 1. The van der Waals surface area contributed by atoms with Gasteiger partial charge in [-0.15, -0.1) is 0 Å². The first-order chi connectivity index (χ1) is 15.7. The van der Waals surface area contributed by atoms with Gasteiger partial charge in [-0.25, -0.2) is 4.99 Å². The third kappa shape index (κ3) is 8.61. The van der Waals surface area contributed by atoms with Crippen molar-refractivity contribution in [3.63, 3.8) is 0 Å². The molecule has 6 nitrogen and oxygen atoms in total. The van der Waals surface area contributed by atoms with Gasteiger partial charge in [-0.3, -0.25) is 4.90 Å². The fraction of sp³-hybridized carbons (Fsp3) is 0.500. The molecule has 0 aliphatic carbocycles. The van der Waals surface area contributed by atoms with E-state index in [1.54, 1.807) is 0 Å². The number of guanidine groups is 1. The van der Waals surface area contributed by atoms with Gasteiger partial charge in [0, 0.05) is 39.3 Å². The number of hydrogen-bond acceptors (Lipinski definition) is 4. The topological polar surface area (TPSA) is 58.1 Å². The quantitative estimate of drug-likeness (QED) is 0.318. The maximum atomic E-state index is 5.96. The van der Waals surface area contributed by atoms with Crippen LogP contribution in [0, 0.1) is 0 Å². The number of benzene rings is 2. The molecule has 6 heteroatoms. The Morgan fingerprint density at radius 3 is 2.62 bits per heavy atom. The van der Waals surface area contributed by atoms with Crippen molar-refractivity contribution in [1.82, 2.24) is 15.5 Å². The van der Waals surface area contributed by atoms with Crippen LogP contribution in [-0.4, -0.2) is 56.9 Å². The van der Waals surface area contributed by atoms with Crippen LogP contribution in [0.2, 0.25) is 0 Å². The summed E-state index contributed by atoms with van der Waals surface area (Å²) in [6.07, 6.45) is 1.04. The Kier molecular flexibility index (Phi) is 10.5. The summed E-state index contributed by atoms with van der Waals surface area (Å²) in [6.45, 7) is 11.9. The number of rotatable bonds is 11. The van der Waals surface area contributed by atoms with Crippen molar-refractivity contribution in [2.75, 3.05) is 46.0 Å². The van der Waals surface area contributed by atoms with E-state index in [0.29, 0.717) is 13.2 Å². The lowest BCUT2D eigenvalue weighted by Crippen LogP contribution is -2.38. The Labute approximate surface area is 193 Å². The molecule has 3 rings (SSSR count). The number of aliphatic imine (C=N–C) groups is 1. The van der Waals surface area contributed by atoms with Gasteiger partial charge in [-0.1, -0.05) is 54.6 Å². The Morgan fingerprint density at radius 2 is 1.84 bits per heavy atom. The predicted molar refractivity (Wildman–Crippen MR) is 131 cm³/mol. The molecule has 1 fully saturated rings. The number of nitrogens with zero attached hydrogens (tertiary/aromatic N) is 2. The van der Waals surface area contributed by atoms with Crippen LogP contribution in [0.25, 0.3) is 0 Å². The van der Waals surface area contributed by atoms with E-state index in [2.05, 4.69) is 65.8 Å². The molecular formula is C26H38N4O2. The molecular weight excluding hydrogens is 400 g/mol. The van der Waals surface area contributed by atoms with Crippen LogP contribution in [-0.2, 0) is 22.6 Å². The van der Waals surface area contributed by atoms with E-state index < -0.39 is 0 Å². The van der Waals surface area contributed by atoms with Crippen molar-refractivity contribution in [3.8, 4) is 0 Å². The SMILES string of the molecule is CCNC(=NCc1cccc(CN2CCOCC2)c1)NCCCOC(C)c1ccccc1. The summed E-state index contributed by atoms with van der Waals surface area (Å²) in [5.74, 6) is 0.849. The minimum atomic E-state index is 0.114. The van der Waals surface area contributed by atoms with Gasteiger partial charge in [0.05, 0.1) is 25.9 Å². The second-order valence-corrected chi connectivity index (χ2v) is 8.11. The standard InChI is InChI=1S/C26H38N4O2/c1-3-27-26(28-13-8-16-32-22(2)25-11-5-4-6-12-25)29-20-23-9-7-10-24(19-23)21-30-14-17-31-18-15-30/h4-7,9-12,19,22H,3,8,13-18,20-21H2,1-2H3,(H2,27,28,29). The lowest BCUT2D eigenvalue weighted by molar-refractivity contribution is 0.0342. The molecule has 0 aromatic heterocycles. The van der Waals surface area contributed by atoms with Gasteiger partial charge < -0.3 is 20.1 Å². The molecule has 2 aromatic rings. The molecule has 0 spiro atoms. The lowest BCUT2D eigenvalue weighted by Gasteiger charge is -2.26. The van der Waals surface area contributed by atoms with Crippen molar-refractivity contribution < 1.29 is 9.47 Å². The summed E-state index contributed by atoms with van der Waals surface area (Å²) in [4.78, 5) is 7.21. The zero-order valence-corrected chi connectivity index (χ0v) is 19.6. The Bertz CT molecular complexity index is 806. The van der Waals surface area contributed by atoms with E-state index in [0.717, 1.165) is 58.3 Å². The van der Waals surface area contributed by atoms with Gasteiger partial charge in [0.2, 0.25) is 0 Å². The van der Waals surface area contributed by atoms with E-state index >= 15 is 0 Å². The highest BCUT2D eigenvalue weighted by molar-refractivity contribution is 5.79. The zero-order valence-electron chi connectivity index (χ0n) is 19.6. The number of ether oxygens (including phenoxy) is 2. The molecule has 1 saturated heterocycles. The van der Waals surface area contributed by atoms with Crippen LogP contribution in [0.3, 0.4) is 0 Å². The highest BCUT2D eigenvalue weighted by atomic mass is 16.5. The molecule has 1 aliphatic rings. The van der Waals surface area contributed by atoms with E-state index in [4.69, 9.17) is 14.5 Å². The molecule has 2 aromatic carbocycles. The predicted octanol–water partition coefficient (Wildman–Crippen LogP) is 3.74. The van der Waals surface area contributed by atoms with Crippen LogP contribution in [0.1, 0.15) is 43.1 Å². The summed E-state index contributed by atoms with van der Waals surface area (Å²) in [6, 6.07) is 19.1. The highest BCUT2D eigenvalue weighted by Gasteiger charge is 2.10. The van der Waals surface area contributed by atoms with Crippen LogP contribution >= 0.6 is 0 Å². The number of hydrogen-bond donors (Lipinski definition) is 2. The molecule has 1 unspecified atom stereocenters. The lowest BCUT2D eigenvalue weighted by atomic mass is 10.1. The van der Waals surface area contributed by atoms with E-state index in [1.165, 1.54) is 16.7 Å². The first kappa shape index (κ1) is 24.2. The molecule has 32 heavy (non-hydrogen) atoms. The van der Waals surface area contributed by atoms with Crippen molar-refractivity contribution in [1.29, 1.82) is 0 Å². The summed E-state index contributed by atoms with van der Waals surface area (Å²) in [7, 11) is 0. The monoisotopic (exact) mass is 438 g/mol. The average Bonchev–Trinajstić information content (AvgIpc) is 2.83. The van der Waals surface area contributed by atoms with Crippen molar-refractivity contribution in [2.45, 2.75) is 39.5 Å². The summed E-state index contributed by atoms with van der Waals surface area (Å²) in [5.41, 5.74) is 3.78. The van der Waals surface area contributed by atoms with E-state index in [9.17, 15) is 0 Å². The van der Waals surface area contributed by atoms with Gasteiger partial charge in [0.1, 0.15) is 0 Å². The summed E-state index contributed by atoms with van der Waals surface area (Å²) in [5, 5.41) is 6.76. The minimum absolute atomic E-state index is 0.114. The first-order valence-electron chi connectivity index (χ1n) is 11.8. The third-order valence-electron chi connectivity index (χ3n) is 5.52. The van der Waals surface area contributed by atoms with E-state index in [1.807, 2.05) is 18.2 Å². The average molecular weight is 439 g/mol. The molecule has 0 radical (unpaired) electrons. The van der Waals surface area contributed by atoms with Gasteiger partial charge in [-0.05, 0) is 37.0 Å². The Balaban J connectivity index is 1.41.